The third kappa shape index (κ3) is 4.32. The van der Waals surface area contributed by atoms with Crippen molar-refractivity contribution in [3.63, 3.8) is 0 Å². The number of piperidine rings is 1. The number of benzene rings is 1. The molecule has 0 aliphatic carbocycles. The minimum atomic E-state index is -3.71. The summed E-state index contributed by atoms with van der Waals surface area (Å²) in [6.45, 7) is 2.17. The van der Waals surface area contributed by atoms with Crippen LogP contribution in [0.25, 0.3) is 0 Å². The fraction of sp³-hybridized carbons (Fsp3) is 0.368. The molecule has 1 unspecified atom stereocenters. The minimum Gasteiger partial charge on any atom is -0.482 e. The molecule has 1 amide bonds. The molecule has 3 heterocycles. The average molecular weight is 402 g/mol. The van der Waals surface area contributed by atoms with Crippen molar-refractivity contribution in [1.29, 1.82) is 0 Å². The zero-order chi connectivity index (χ0) is 19.6. The number of hydrogen-bond acceptors (Lipinski definition) is 6. The van der Waals surface area contributed by atoms with Crippen molar-refractivity contribution in [1.82, 2.24) is 14.6 Å². The lowest BCUT2D eigenvalue weighted by Crippen LogP contribution is -2.47. The van der Waals surface area contributed by atoms with Gasteiger partial charge in [0.2, 0.25) is 10.0 Å². The Morgan fingerprint density at radius 1 is 1.29 bits per heavy atom. The van der Waals surface area contributed by atoms with Crippen molar-refractivity contribution in [3.05, 3.63) is 48.3 Å². The molecule has 1 atom stereocenters. The normalized spacial score (nSPS) is 20.1. The summed E-state index contributed by atoms with van der Waals surface area (Å²) < 4.78 is 33.8. The van der Waals surface area contributed by atoms with Crippen LogP contribution in [-0.4, -0.2) is 49.9 Å². The second kappa shape index (κ2) is 7.86. The van der Waals surface area contributed by atoms with Gasteiger partial charge in [-0.1, -0.05) is 6.07 Å². The molecule has 8 nitrogen and oxygen atoms in total. The number of pyridine rings is 1. The molecule has 2 aliphatic heterocycles. The molecule has 0 radical (unpaired) electrons. The molecule has 2 N–H and O–H groups in total. The van der Waals surface area contributed by atoms with Crippen molar-refractivity contribution in [2.45, 2.75) is 30.3 Å². The minimum absolute atomic E-state index is 0.0640. The first kappa shape index (κ1) is 18.9. The maximum absolute atomic E-state index is 12.8. The third-order valence-electron chi connectivity index (χ3n) is 4.83. The predicted molar refractivity (Wildman–Crippen MR) is 103 cm³/mol. The van der Waals surface area contributed by atoms with Crippen LogP contribution < -0.4 is 14.8 Å². The van der Waals surface area contributed by atoms with E-state index in [1.165, 1.54) is 12.1 Å². The number of anilines is 1. The van der Waals surface area contributed by atoms with Crippen LogP contribution in [-0.2, 0) is 21.4 Å². The van der Waals surface area contributed by atoms with E-state index in [9.17, 15) is 13.2 Å². The predicted octanol–water partition coefficient (Wildman–Crippen LogP) is 1.36. The van der Waals surface area contributed by atoms with Gasteiger partial charge in [0.15, 0.2) is 6.61 Å². The van der Waals surface area contributed by atoms with E-state index in [0.29, 0.717) is 24.5 Å². The van der Waals surface area contributed by atoms with E-state index in [-0.39, 0.29) is 23.5 Å². The standard InChI is InChI=1S/C19H22N4O4S/c24-19-13-27-18-7-6-16(10-17(18)21-19)28(25,26)22-15-5-3-9-23(12-15)11-14-4-1-2-8-20-14/h1-2,4,6-8,10,15,22H,3,5,9,11-13H2,(H,21,24). The molecule has 1 aromatic carbocycles. The number of aromatic nitrogens is 1. The number of hydrogen-bond donors (Lipinski definition) is 2. The van der Waals surface area contributed by atoms with Crippen LogP contribution in [0.15, 0.2) is 47.5 Å². The zero-order valence-electron chi connectivity index (χ0n) is 15.3. The van der Waals surface area contributed by atoms with E-state index in [1.807, 2.05) is 18.2 Å². The summed E-state index contributed by atoms with van der Waals surface area (Å²) in [5, 5.41) is 2.64. The zero-order valence-corrected chi connectivity index (χ0v) is 16.1. The van der Waals surface area contributed by atoms with Crippen LogP contribution in [0.1, 0.15) is 18.5 Å². The number of fused-ring (bicyclic) bond motifs is 1. The number of likely N-dealkylation sites (tertiary alicyclic amines) is 1. The van der Waals surface area contributed by atoms with Gasteiger partial charge in [0.05, 0.1) is 16.3 Å². The fourth-order valence-corrected chi connectivity index (χ4v) is 4.82. The molecular weight excluding hydrogens is 380 g/mol. The molecule has 0 saturated carbocycles. The number of nitrogens with zero attached hydrogens (tertiary/aromatic N) is 2. The van der Waals surface area contributed by atoms with Crippen molar-refractivity contribution in [3.8, 4) is 5.75 Å². The quantitative estimate of drug-likeness (QED) is 0.783. The maximum Gasteiger partial charge on any atom is 0.262 e. The van der Waals surface area contributed by atoms with Gasteiger partial charge in [-0.25, -0.2) is 13.1 Å². The van der Waals surface area contributed by atoms with Crippen LogP contribution in [0, 0.1) is 0 Å². The van der Waals surface area contributed by atoms with Crippen LogP contribution in [0.4, 0.5) is 5.69 Å². The molecule has 2 aliphatic rings. The van der Waals surface area contributed by atoms with Gasteiger partial charge in [0, 0.05) is 25.3 Å². The summed E-state index contributed by atoms with van der Waals surface area (Å²) >= 11 is 0. The van der Waals surface area contributed by atoms with E-state index < -0.39 is 10.0 Å². The highest BCUT2D eigenvalue weighted by Gasteiger charge is 2.27. The van der Waals surface area contributed by atoms with Crippen LogP contribution in [0.5, 0.6) is 5.75 Å². The maximum atomic E-state index is 12.8. The van der Waals surface area contributed by atoms with Crippen molar-refractivity contribution >= 4 is 21.6 Å². The number of rotatable bonds is 5. The Morgan fingerprint density at radius 3 is 3.00 bits per heavy atom. The number of carbonyl (C=O) groups excluding carboxylic acids is 1. The Kier molecular flexibility index (Phi) is 5.29. The van der Waals surface area contributed by atoms with Crippen molar-refractivity contribution in [2.24, 2.45) is 0 Å². The second-order valence-corrected chi connectivity index (χ2v) is 8.73. The Balaban J connectivity index is 1.44. The third-order valence-corrected chi connectivity index (χ3v) is 6.35. The molecule has 1 aromatic heterocycles. The van der Waals surface area contributed by atoms with Crippen LogP contribution >= 0.6 is 0 Å². The topological polar surface area (TPSA) is 101 Å². The molecule has 28 heavy (non-hydrogen) atoms. The first-order valence-electron chi connectivity index (χ1n) is 9.21. The Bertz CT molecular complexity index is 965. The summed E-state index contributed by atoms with van der Waals surface area (Å²) in [4.78, 5) is 18.1. The second-order valence-electron chi connectivity index (χ2n) is 7.01. The number of sulfonamides is 1. The first-order chi connectivity index (χ1) is 13.5. The molecule has 148 valence electrons. The van der Waals surface area contributed by atoms with Crippen molar-refractivity contribution < 1.29 is 17.9 Å². The molecule has 1 saturated heterocycles. The summed E-state index contributed by atoms with van der Waals surface area (Å²) in [6.07, 6.45) is 3.45. The van der Waals surface area contributed by atoms with Gasteiger partial charge in [0.1, 0.15) is 5.75 Å². The van der Waals surface area contributed by atoms with E-state index in [4.69, 9.17) is 4.74 Å². The largest absolute Gasteiger partial charge is 0.482 e. The number of nitrogens with one attached hydrogen (secondary N) is 2. The molecule has 9 heteroatoms. The molecule has 0 bridgehead atoms. The lowest BCUT2D eigenvalue weighted by molar-refractivity contribution is -0.118. The number of amides is 1. The van der Waals surface area contributed by atoms with Gasteiger partial charge >= 0.3 is 0 Å². The summed E-state index contributed by atoms with van der Waals surface area (Å²) in [7, 11) is -3.71. The highest BCUT2D eigenvalue weighted by Crippen LogP contribution is 2.30. The van der Waals surface area contributed by atoms with E-state index in [1.54, 1.807) is 12.3 Å². The van der Waals surface area contributed by atoms with Gasteiger partial charge in [0.25, 0.3) is 5.91 Å². The monoisotopic (exact) mass is 402 g/mol. The van der Waals surface area contributed by atoms with E-state index in [0.717, 1.165) is 25.1 Å². The van der Waals surface area contributed by atoms with Gasteiger partial charge in [-0.2, -0.15) is 0 Å². The van der Waals surface area contributed by atoms with E-state index in [2.05, 4.69) is 19.9 Å². The van der Waals surface area contributed by atoms with Gasteiger partial charge < -0.3 is 10.1 Å². The van der Waals surface area contributed by atoms with E-state index >= 15 is 0 Å². The lowest BCUT2D eigenvalue weighted by Gasteiger charge is -2.32. The molecular formula is C19H22N4O4S. The number of ether oxygens (including phenoxy) is 1. The Labute approximate surface area is 164 Å². The van der Waals surface area contributed by atoms with Crippen molar-refractivity contribution in [2.75, 3.05) is 25.0 Å². The lowest BCUT2D eigenvalue weighted by atomic mass is 10.1. The molecule has 0 spiro atoms. The molecule has 1 fully saturated rings. The summed E-state index contributed by atoms with van der Waals surface area (Å²) in [6, 6.07) is 10.1. The summed E-state index contributed by atoms with van der Waals surface area (Å²) in [5.41, 5.74) is 1.34. The Morgan fingerprint density at radius 2 is 2.18 bits per heavy atom. The van der Waals surface area contributed by atoms with Gasteiger partial charge in [-0.3, -0.25) is 14.7 Å². The van der Waals surface area contributed by atoms with Crippen LogP contribution in [0.3, 0.4) is 0 Å². The smallest absolute Gasteiger partial charge is 0.262 e. The highest BCUT2D eigenvalue weighted by molar-refractivity contribution is 7.89. The SMILES string of the molecule is O=C1COc2ccc(S(=O)(=O)NC3CCCN(Cc4ccccn4)C3)cc2N1. The summed E-state index contributed by atoms with van der Waals surface area (Å²) in [5.74, 6) is 0.171. The van der Waals surface area contributed by atoms with Gasteiger partial charge in [-0.15, -0.1) is 0 Å². The molecule has 4 rings (SSSR count). The molecule has 2 aromatic rings. The van der Waals surface area contributed by atoms with Gasteiger partial charge in [-0.05, 0) is 49.7 Å². The van der Waals surface area contributed by atoms with Crippen LogP contribution in [0.2, 0.25) is 0 Å². The first-order valence-corrected chi connectivity index (χ1v) is 10.7. The Hall–Kier alpha value is -2.49. The highest BCUT2D eigenvalue weighted by atomic mass is 32.2. The average Bonchev–Trinajstić information content (AvgIpc) is 2.68. The fourth-order valence-electron chi connectivity index (χ4n) is 3.53. The number of carbonyl (C=O) groups is 1.